The van der Waals surface area contributed by atoms with Crippen LogP contribution in [0.25, 0.3) is 0 Å². The SMILES string of the molecule is CC(C)CN1CCC(NCCCCN(C)C)CC1. The second kappa shape index (κ2) is 8.89. The lowest BCUT2D eigenvalue weighted by Crippen LogP contribution is -2.43. The molecule has 0 atom stereocenters. The molecule has 1 N–H and O–H groups in total. The molecule has 3 nitrogen and oxygen atoms in total. The van der Waals surface area contributed by atoms with Gasteiger partial charge in [-0.2, -0.15) is 0 Å². The van der Waals surface area contributed by atoms with Gasteiger partial charge in [0.25, 0.3) is 0 Å². The van der Waals surface area contributed by atoms with E-state index in [-0.39, 0.29) is 0 Å². The summed E-state index contributed by atoms with van der Waals surface area (Å²) in [6.45, 7) is 10.9. The van der Waals surface area contributed by atoms with E-state index in [4.69, 9.17) is 0 Å². The van der Waals surface area contributed by atoms with Crippen LogP contribution < -0.4 is 5.32 Å². The molecule has 0 aromatic heterocycles. The molecule has 0 aromatic rings. The second-order valence-electron chi connectivity index (χ2n) is 6.43. The van der Waals surface area contributed by atoms with Crippen molar-refractivity contribution in [3.8, 4) is 0 Å². The highest BCUT2D eigenvalue weighted by atomic mass is 15.1. The largest absolute Gasteiger partial charge is 0.314 e. The van der Waals surface area contributed by atoms with Crippen LogP contribution in [0.2, 0.25) is 0 Å². The summed E-state index contributed by atoms with van der Waals surface area (Å²) in [7, 11) is 4.30. The number of nitrogens with one attached hydrogen (secondary N) is 1. The summed E-state index contributed by atoms with van der Waals surface area (Å²) in [5, 5.41) is 3.72. The Morgan fingerprint density at radius 3 is 2.39 bits per heavy atom. The van der Waals surface area contributed by atoms with Gasteiger partial charge in [-0.1, -0.05) is 13.8 Å². The van der Waals surface area contributed by atoms with Crippen molar-refractivity contribution in [2.45, 2.75) is 45.6 Å². The first kappa shape index (κ1) is 15.9. The van der Waals surface area contributed by atoms with Crippen molar-refractivity contribution in [2.75, 3.05) is 46.8 Å². The Bertz CT molecular complexity index is 196. The Morgan fingerprint density at radius 2 is 1.83 bits per heavy atom. The van der Waals surface area contributed by atoms with E-state index < -0.39 is 0 Å². The summed E-state index contributed by atoms with van der Waals surface area (Å²) in [6.07, 6.45) is 5.29. The molecule has 1 fully saturated rings. The summed E-state index contributed by atoms with van der Waals surface area (Å²) in [5.74, 6) is 0.806. The van der Waals surface area contributed by atoms with Gasteiger partial charge < -0.3 is 15.1 Å². The fourth-order valence-corrected chi connectivity index (χ4v) is 2.70. The fourth-order valence-electron chi connectivity index (χ4n) is 2.70. The molecule has 3 heteroatoms. The van der Waals surface area contributed by atoms with E-state index in [9.17, 15) is 0 Å². The van der Waals surface area contributed by atoms with Crippen LogP contribution in [-0.4, -0.2) is 62.7 Å². The van der Waals surface area contributed by atoms with Crippen molar-refractivity contribution in [1.82, 2.24) is 15.1 Å². The Balaban J connectivity index is 1.98. The lowest BCUT2D eigenvalue weighted by Gasteiger charge is -2.33. The fraction of sp³-hybridized carbons (Fsp3) is 1.00. The third-order valence-corrected chi connectivity index (χ3v) is 3.68. The van der Waals surface area contributed by atoms with Crippen LogP contribution in [-0.2, 0) is 0 Å². The number of nitrogens with zero attached hydrogens (tertiary/aromatic N) is 2. The molecule has 108 valence electrons. The average molecular weight is 255 g/mol. The molecule has 0 bridgehead atoms. The van der Waals surface area contributed by atoms with Crippen LogP contribution in [0.1, 0.15) is 39.5 Å². The predicted octanol–water partition coefficient (Wildman–Crippen LogP) is 2.04. The molecule has 0 unspecified atom stereocenters. The number of unbranched alkanes of at least 4 members (excludes halogenated alkanes) is 1. The zero-order valence-electron chi connectivity index (χ0n) is 12.9. The van der Waals surface area contributed by atoms with Gasteiger partial charge in [0, 0.05) is 12.6 Å². The van der Waals surface area contributed by atoms with Crippen molar-refractivity contribution in [1.29, 1.82) is 0 Å². The molecule has 18 heavy (non-hydrogen) atoms. The maximum Gasteiger partial charge on any atom is 0.00914 e. The average Bonchev–Trinajstić information content (AvgIpc) is 2.30. The zero-order valence-corrected chi connectivity index (χ0v) is 12.9. The van der Waals surface area contributed by atoms with Crippen LogP contribution in [0.5, 0.6) is 0 Å². The topological polar surface area (TPSA) is 18.5 Å². The quantitative estimate of drug-likeness (QED) is 0.670. The van der Waals surface area contributed by atoms with Crippen LogP contribution in [0.15, 0.2) is 0 Å². The molecule has 1 aliphatic rings. The van der Waals surface area contributed by atoms with E-state index in [1.54, 1.807) is 0 Å². The smallest absolute Gasteiger partial charge is 0.00914 e. The molecular weight excluding hydrogens is 222 g/mol. The molecule has 0 radical (unpaired) electrons. The highest BCUT2D eigenvalue weighted by Gasteiger charge is 2.18. The van der Waals surface area contributed by atoms with E-state index in [0.717, 1.165) is 12.0 Å². The lowest BCUT2D eigenvalue weighted by atomic mass is 10.0. The minimum Gasteiger partial charge on any atom is -0.314 e. The molecule has 0 saturated carbocycles. The van der Waals surface area contributed by atoms with E-state index in [0.29, 0.717) is 0 Å². The van der Waals surface area contributed by atoms with Gasteiger partial charge in [0.15, 0.2) is 0 Å². The third-order valence-electron chi connectivity index (χ3n) is 3.68. The number of hydrogen-bond donors (Lipinski definition) is 1. The standard InChI is InChI=1S/C15H33N3/c1-14(2)13-18-11-7-15(8-12-18)16-9-5-6-10-17(3)4/h14-16H,5-13H2,1-4H3. The van der Waals surface area contributed by atoms with Crippen LogP contribution in [0.4, 0.5) is 0 Å². The van der Waals surface area contributed by atoms with Crippen LogP contribution >= 0.6 is 0 Å². The monoisotopic (exact) mass is 255 g/mol. The van der Waals surface area contributed by atoms with Crippen molar-refractivity contribution in [3.63, 3.8) is 0 Å². The maximum atomic E-state index is 3.72. The normalized spacial score (nSPS) is 19.0. The van der Waals surface area contributed by atoms with E-state index >= 15 is 0 Å². The van der Waals surface area contributed by atoms with Gasteiger partial charge in [-0.25, -0.2) is 0 Å². The predicted molar refractivity (Wildman–Crippen MR) is 80.1 cm³/mol. The number of likely N-dealkylation sites (tertiary alicyclic amines) is 1. The van der Waals surface area contributed by atoms with Crippen LogP contribution in [0.3, 0.4) is 0 Å². The van der Waals surface area contributed by atoms with Crippen molar-refractivity contribution in [3.05, 3.63) is 0 Å². The molecular formula is C15H33N3. The molecule has 1 aliphatic heterocycles. The summed E-state index contributed by atoms with van der Waals surface area (Å²) in [4.78, 5) is 4.89. The highest BCUT2D eigenvalue weighted by Crippen LogP contribution is 2.12. The van der Waals surface area contributed by atoms with Crippen molar-refractivity contribution < 1.29 is 0 Å². The van der Waals surface area contributed by atoms with Crippen molar-refractivity contribution in [2.24, 2.45) is 5.92 Å². The molecule has 1 heterocycles. The summed E-state index contributed by atoms with van der Waals surface area (Å²) in [6, 6.07) is 0.771. The summed E-state index contributed by atoms with van der Waals surface area (Å²) < 4.78 is 0. The Morgan fingerprint density at radius 1 is 1.17 bits per heavy atom. The van der Waals surface area contributed by atoms with E-state index in [1.165, 1.54) is 58.4 Å². The zero-order chi connectivity index (χ0) is 13.4. The van der Waals surface area contributed by atoms with Gasteiger partial charge in [0.1, 0.15) is 0 Å². The first-order valence-corrected chi connectivity index (χ1v) is 7.68. The summed E-state index contributed by atoms with van der Waals surface area (Å²) >= 11 is 0. The molecule has 0 aromatic carbocycles. The highest BCUT2D eigenvalue weighted by molar-refractivity contribution is 4.77. The van der Waals surface area contributed by atoms with Gasteiger partial charge in [-0.05, 0) is 71.9 Å². The Hall–Kier alpha value is -0.120. The van der Waals surface area contributed by atoms with Gasteiger partial charge >= 0.3 is 0 Å². The van der Waals surface area contributed by atoms with E-state index in [1.807, 2.05) is 0 Å². The summed E-state index contributed by atoms with van der Waals surface area (Å²) in [5.41, 5.74) is 0. The van der Waals surface area contributed by atoms with Gasteiger partial charge in [0.05, 0.1) is 0 Å². The minimum absolute atomic E-state index is 0.771. The Kier molecular flexibility index (Phi) is 7.87. The third kappa shape index (κ3) is 7.34. The van der Waals surface area contributed by atoms with Gasteiger partial charge in [-0.3, -0.25) is 0 Å². The minimum atomic E-state index is 0.771. The molecule has 0 aliphatic carbocycles. The van der Waals surface area contributed by atoms with Gasteiger partial charge in [-0.15, -0.1) is 0 Å². The first-order chi connectivity index (χ1) is 8.58. The molecule has 1 saturated heterocycles. The van der Waals surface area contributed by atoms with Gasteiger partial charge in [0.2, 0.25) is 0 Å². The first-order valence-electron chi connectivity index (χ1n) is 7.68. The molecule has 0 spiro atoms. The number of piperidine rings is 1. The number of rotatable bonds is 8. The number of hydrogen-bond acceptors (Lipinski definition) is 3. The molecule has 1 rings (SSSR count). The lowest BCUT2D eigenvalue weighted by molar-refractivity contribution is 0.180. The van der Waals surface area contributed by atoms with Crippen molar-refractivity contribution >= 4 is 0 Å². The van der Waals surface area contributed by atoms with Crippen LogP contribution in [0, 0.1) is 5.92 Å². The maximum absolute atomic E-state index is 3.72. The second-order valence-corrected chi connectivity index (χ2v) is 6.43. The van der Waals surface area contributed by atoms with E-state index in [2.05, 4.69) is 43.1 Å². The molecule has 0 amide bonds. The Labute approximate surface area is 114 Å².